The van der Waals surface area contributed by atoms with Gasteiger partial charge in [0.25, 0.3) is 5.91 Å². The van der Waals surface area contributed by atoms with Crippen molar-refractivity contribution < 1.29 is 13.9 Å². The third kappa shape index (κ3) is 4.15. The van der Waals surface area contributed by atoms with Gasteiger partial charge in [0, 0.05) is 35.8 Å². The zero-order valence-electron chi connectivity index (χ0n) is 18.6. The van der Waals surface area contributed by atoms with Gasteiger partial charge in [-0.25, -0.2) is 4.39 Å². The van der Waals surface area contributed by atoms with Crippen molar-refractivity contribution >= 4 is 22.5 Å². The number of amides is 1. The summed E-state index contributed by atoms with van der Waals surface area (Å²) in [7, 11) is 0. The largest absolute Gasteiger partial charge is 0.367 e. The lowest BCUT2D eigenvalue weighted by molar-refractivity contribution is -0.128. The Bertz CT molecular complexity index is 1050. The van der Waals surface area contributed by atoms with E-state index < -0.39 is 0 Å². The molecule has 0 unspecified atom stereocenters. The quantitative estimate of drug-likeness (QED) is 0.549. The number of piperidine rings is 1. The van der Waals surface area contributed by atoms with E-state index in [9.17, 15) is 4.79 Å². The number of nitrogens with two attached hydrogens (primary N) is 1. The average molecular weight is 427 g/mol. The summed E-state index contributed by atoms with van der Waals surface area (Å²) in [6.07, 6.45) is 3.88. The Balaban J connectivity index is 1.71. The lowest BCUT2D eigenvalue weighted by Gasteiger charge is -2.40. The molecule has 3 N–H and O–H groups in total. The maximum Gasteiger partial charge on any atom is 0.299 e. The highest BCUT2D eigenvalue weighted by Gasteiger charge is 2.39. The Kier molecular flexibility index (Phi) is 6.22. The van der Waals surface area contributed by atoms with E-state index >= 15 is 4.39 Å². The third-order valence-corrected chi connectivity index (χ3v) is 6.47. The van der Waals surface area contributed by atoms with Gasteiger partial charge in [0.2, 0.25) is 0 Å². The van der Waals surface area contributed by atoms with Gasteiger partial charge in [-0.1, -0.05) is 5.92 Å². The van der Waals surface area contributed by atoms with Crippen LogP contribution in [-0.4, -0.2) is 47.7 Å². The van der Waals surface area contributed by atoms with Gasteiger partial charge in [-0.15, -0.1) is 0 Å². The van der Waals surface area contributed by atoms with Crippen LogP contribution in [0, 0.1) is 31.5 Å². The molecule has 31 heavy (non-hydrogen) atoms. The molecule has 1 saturated heterocycles. The minimum absolute atomic E-state index is 0.0460. The van der Waals surface area contributed by atoms with Crippen molar-refractivity contribution in [1.82, 2.24) is 9.88 Å². The molecular weight excluding hydrogens is 395 g/mol. The predicted octanol–water partition coefficient (Wildman–Crippen LogP) is 3.34. The Morgan fingerprint density at radius 2 is 2.13 bits per heavy atom. The molecule has 1 aliphatic carbocycles. The van der Waals surface area contributed by atoms with Gasteiger partial charge in [-0.3, -0.25) is 4.79 Å². The van der Waals surface area contributed by atoms with Crippen molar-refractivity contribution in [2.75, 3.05) is 24.7 Å². The van der Waals surface area contributed by atoms with Gasteiger partial charge < -0.3 is 25.3 Å². The molecule has 7 heteroatoms. The van der Waals surface area contributed by atoms with Crippen LogP contribution in [0.25, 0.3) is 10.9 Å². The topological polar surface area (TPSA) is 74.6 Å². The second kappa shape index (κ2) is 8.89. The summed E-state index contributed by atoms with van der Waals surface area (Å²) in [6.45, 7) is 7.42. The minimum Gasteiger partial charge on any atom is -0.367 e. The molecule has 0 spiro atoms. The number of benzene rings is 1. The summed E-state index contributed by atoms with van der Waals surface area (Å²) in [5, 5.41) is 0.895. The van der Waals surface area contributed by atoms with Gasteiger partial charge in [0.05, 0.1) is 30.6 Å². The number of aromatic nitrogens is 1. The molecule has 1 aliphatic heterocycles. The SMILES string of the molecule is CC#CC(=O)N(C1CC1)[C@H]1CCCN(c2c(F)cc(COCN)c3[nH]c(C)c(C)c23)C1. The number of aromatic amines is 1. The number of nitrogens with one attached hydrogen (secondary N) is 1. The van der Waals surface area contributed by atoms with Crippen molar-refractivity contribution in [2.24, 2.45) is 5.73 Å². The minimum atomic E-state index is -0.261. The highest BCUT2D eigenvalue weighted by molar-refractivity contribution is 5.98. The van der Waals surface area contributed by atoms with E-state index in [-0.39, 0.29) is 37.1 Å². The number of carbonyl (C=O) groups is 1. The normalized spacial score (nSPS) is 18.7. The maximum atomic E-state index is 15.5. The number of aryl methyl sites for hydroxylation is 2. The standard InChI is InChI=1S/C24H31FN4O2/c1-4-6-21(30)29(18-8-9-18)19-7-5-10-28(12-19)24-20(25)11-17(13-31-14-26)23-22(24)15(2)16(3)27-23/h11,18-19,27H,5,7-10,12-14,26H2,1-3H3/t19-/m0/s1. The monoisotopic (exact) mass is 426 g/mol. The molecule has 1 aromatic heterocycles. The molecule has 1 atom stereocenters. The number of H-pyrrole nitrogens is 1. The number of carbonyl (C=O) groups excluding carboxylic acids is 1. The summed E-state index contributed by atoms with van der Waals surface area (Å²) in [4.78, 5) is 20.2. The summed E-state index contributed by atoms with van der Waals surface area (Å²) in [5.41, 5.74) is 9.80. The van der Waals surface area contributed by atoms with E-state index in [1.54, 1.807) is 13.0 Å². The summed E-state index contributed by atoms with van der Waals surface area (Å²) < 4.78 is 20.9. The van der Waals surface area contributed by atoms with Crippen LogP contribution >= 0.6 is 0 Å². The first-order valence-corrected chi connectivity index (χ1v) is 11.0. The van der Waals surface area contributed by atoms with Crippen molar-refractivity contribution in [1.29, 1.82) is 0 Å². The molecular formula is C24H31FN4O2. The van der Waals surface area contributed by atoms with Crippen LogP contribution < -0.4 is 10.6 Å². The van der Waals surface area contributed by atoms with Crippen LogP contribution in [0.2, 0.25) is 0 Å². The summed E-state index contributed by atoms with van der Waals surface area (Å²) in [5.74, 6) is 5.09. The lowest BCUT2D eigenvalue weighted by Crippen LogP contribution is -2.51. The molecule has 1 amide bonds. The zero-order chi connectivity index (χ0) is 22.1. The highest BCUT2D eigenvalue weighted by Crippen LogP contribution is 2.39. The molecule has 2 heterocycles. The number of fused-ring (bicyclic) bond motifs is 1. The molecule has 4 rings (SSSR count). The van der Waals surface area contributed by atoms with E-state index in [0.717, 1.165) is 60.0 Å². The second-order valence-electron chi connectivity index (χ2n) is 8.57. The van der Waals surface area contributed by atoms with Crippen molar-refractivity contribution in [3.05, 3.63) is 28.7 Å². The number of hydrogen-bond acceptors (Lipinski definition) is 4. The van der Waals surface area contributed by atoms with Crippen LogP contribution in [0.1, 0.15) is 49.4 Å². The fourth-order valence-corrected chi connectivity index (χ4v) is 4.80. The van der Waals surface area contributed by atoms with Crippen LogP contribution in [0.3, 0.4) is 0 Å². The van der Waals surface area contributed by atoms with Gasteiger partial charge in [-0.2, -0.15) is 0 Å². The fraction of sp³-hybridized carbons (Fsp3) is 0.542. The van der Waals surface area contributed by atoms with E-state index in [1.165, 1.54) is 0 Å². The smallest absolute Gasteiger partial charge is 0.299 e. The Labute approximate surface area is 182 Å². The van der Waals surface area contributed by atoms with Crippen LogP contribution in [-0.2, 0) is 16.1 Å². The van der Waals surface area contributed by atoms with E-state index in [2.05, 4.69) is 21.7 Å². The van der Waals surface area contributed by atoms with Gasteiger partial charge in [-0.05, 0) is 64.0 Å². The fourth-order valence-electron chi connectivity index (χ4n) is 4.80. The molecule has 1 saturated carbocycles. The number of nitrogens with zero attached hydrogens (tertiary/aromatic N) is 2. The van der Waals surface area contributed by atoms with Crippen LogP contribution in [0.5, 0.6) is 0 Å². The Hall–Kier alpha value is -2.56. The number of hydrogen-bond donors (Lipinski definition) is 2. The molecule has 2 fully saturated rings. The number of ether oxygens (including phenoxy) is 1. The maximum absolute atomic E-state index is 15.5. The van der Waals surface area contributed by atoms with Crippen molar-refractivity contribution in [2.45, 2.75) is 65.1 Å². The molecule has 0 bridgehead atoms. The third-order valence-electron chi connectivity index (χ3n) is 6.47. The molecule has 2 aromatic rings. The molecule has 0 radical (unpaired) electrons. The zero-order valence-corrected chi connectivity index (χ0v) is 18.6. The van der Waals surface area contributed by atoms with Crippen LogP contribution in [0.15, 0.2) is 6.07 Å². The van der Waals surface area contributed by atoms with Gasteiger partial charge >= 0.3 is 0 Å². The lowest BCUT2D eigenvalue weighted by atomic mass is 9.99. The number of halogens is 1. The van der Waals surface area contributed by atoms with E-state index in [4.69, 9.17) is 10.5 Å². The van der Waals surface area contributed by atoms with Crippen molar-refractivity contribution in [3.63, 3.8) is 0 Å². The van der Waals surface area contributed by atoms with E-state index in [0.29, 0.717) is 12.2 Å². The first kappa shape index (κ1) is 21.7. The summed E-state index contributed by atoms with van der Waals surface area (Å²) >= 11 is 0. The van der Waals surface area contributed by atoms with Crippen LogP contribution in [0.4, 0.5) is 10.1 Å². The van der Waals surface area contributed by atoms with Gasteiger partial charge in [0.1, 0.15) is 5.82 Å². The second-order valence-corrected chi connectivity index (χ2v) is 8.57. The number of rotatable bonds is 6. The molecule has 166 valence electrons. The Morgan fingerprint density at radius 3 is 2.81 bits per heavy atom. The van der Waals surface area contributed by atoms with E-state index in [1.807, 2.05) is 18.7 Å². The first-order valence-electron chi connectivity index (χ1n) is 11.0. The summed E-state index contributed by atoms with van der Waals surface area (Å²) in [6, 6.07) is 1.87. The number of anilines is 1. The first-order chi connectivity index (χ1) is 15.0. The molecule has 2 aliphatic rings. The predicted molar refractivity (Wildman–Crippen MR) is 120 cm³/mol. The average Bonchev–Trinajstić information content (AvgIpc) is 3.53. The van der Waals surface area contributed by atoms with Gasteiger partial charge in [0.15, 0.2) is 0 Å². The Morgan fingerprint density at radius 1 is 1.35 bits per heavy atom. The van der Waals surface area contributed by atoms with Crippen molar-refractivity contribution in [3.8, 4) is 11.8 Å². The highest BCUT2D eigenvalue weighted by atomic mass is 19.1. The molecule has 1 aromatic carbocycles. The molecule has 6 nitrogen and oxygen atoms in total.